The maximum absolute atomic E-state index is 14.1. The first kappa shape index (κ1) is 23.6. The zero-order chi connectivity index (χ0) is 23.4. The van der Waals surface area contributed by atoms with E-state index in [0.29, 0.717) is 57.6 Å². The second-order valence-corrected chi connectivity index (χ2v) is 9.62. The van der Waals surface area contributed by atoms with Crippen LogP contribution in [0.3, 0.4) is 0 Å². The molecule has 0 atom stereocenters. The van der Waals surface area contributed by atoms with Crippen molar-refractivity contribution in [2.75, 3.05) is 32.7 Å². The van der Waals surface area contributed by atoms with Gasteiger partial charge in [0.25, 0.3) is 11.8 Å². The number of hydrogen-bond acceptors (Lipinski definition) is 5. The van der Waals surface area contributed by atoms with Gasteiger partial charge in [0.1, 0.15) is 11.5 Å². The number of carbonyl (C=O) groups excluding carboxylic acids is 3. The van der Waals surface area contributed by atoms with Gasteiger partial charge in [-0.3, -0.25) is 14.4 Å². The van der Waals surface area contributed by atoms with Crippen molar-refractivity contribution >= 4 is 40.7 Å². The van der Waals surface area contributed by atoms with Gasteiger partial charge in [-0.1, -0.05) is 17.7 Å². The number of rotatable bonds is 7. The minimum Gasteiger partial charge on any atom is -0.351 e. The molecule has 2 aromatic rings. The number of nitrogens with zero attached hydrogens (tertiary/aromatic N) is 3. The van der Waals surface area contributed by atoms with Crippen LogP contribution in [0.4, 0.5) is 4.39 Å². The van der Waals surface area contributed by atoms with Gasteiger partial charge >= 0.3 is 0 Å². The summed E-state index contributed by atoms with van der Waals surface area (Å²) in [7, 11) is 0. The molecule has 2 aliphatic rings. The van der Waals surface area contributed by atoms with Crippen LogP contribution in [0.5, 0.6) is 0 Å². The van der Waals surface area contributed by atoms with E-state index >= 15 is 0 Å². The minimum atomic E-state index is -0.614. The average molecular weight is 493 g/mol. The van der Waals surface area contributed by atoms with E-state index < -0.39 is 11.7 Å². The summed E-state index contributed by atoms with van der Waals surface area (Å²) in [4.78, 5) is 44.7. The van der Waals surface area contributed by atoms with Gasteiger partial charge in [-0.2, -0.15) is 0 Å². The van der Waals surface area contributed by atoms with E-state index in [0.717, 1.165) is 18.0 Å². The fraction of sp³-hybridized carbons (Fsp3) is 0.478. The Labute approximate surface area is 200 Å². The van der Waals surface area contributed by atoms with Gasteiger partial charge in [0.2, 0.25) is 5.91 Å². The van der Waals surface area contributed by atoms with Gasteiger partial charge in [-0.05, 0) is 37.8 Å². The quantitative estimate of drug-likeness (QED) is 0.597. The molecular weight excluding hydrogens is 467 g/mol. The molecule has 7 nitrogen and oxygen atoms in total. The zero-order valence-corrected chi connectivity index (χ0v) is 19.8. The Kier molecular flexibility index (Phi) is 7.60. The SMILES string of the molecule is O=C(NCCCN1CCCC1=O)c1csc(C2CCN(C(=O)c3c(F)cccc3Cl)CC2)n1. The first-order chi connectivity index (χ1) is 15.9. The third kappa shape index (κ3) is 5.52. The Balaban J connectivity index is 1.25. The first-order valence-electron chi connectivity index (χ1n) is 11.2. The summed E-state index contributed by atoms with van der Waals surface area (Å²) in [6, 6.07) is 4.23. The van der Waals surface area contributed by atoms with Crippen LogP contribution >= 0.6 is 22.9 Å². The Morgan fingerprint density at radius 1 is 1.24 bits per heavy atom. The average Bonchev–Trinajstić information content (AvgIpc) is 3.46. The Bertz CT molecular complexity index is 1020. The van der Waals surface area contributed by atoms with Gasteiger partial charge in [0, 0.05) is 50.4 Å². The summed E-state index contributed by atoms with van der Waals surface area (Å²) in [5.74, 6) is -0.885. The zero-order valence-electron chi connectivity index (χ0n) is 18.2. The van der Waals surface area contributed by atoms with E-state index in [-0.39, 0.29) is 28.3 Å². The number of nitrogens with one attached hydrogen (secondary N) is 1. The standard InChI is InChI=1S/C23H26ClFN4O3S/c24-16-4-1-5-17(25)20(16)23(32)29-12-7-15(8-13-29)22-27-18(14-33-22)21(31)26-9-3-11-28-10-2-6-19(28)30/h1,4-5,14-15H,2-3,6-13H2,(H,26,31). The predicted molar refractivity (Wildman–Crippen MR) is 124 cm³/mol. The highest BCUT2D eigenvalue weighted by molar-refractivity contribution is 7.09. The summed E-state index contributed by atoms with van der Waals surface area (Å²) in [6.07, 6.45) is 3.63. The van der Waals surface area contributed by atoms with Gasteiger partial charge < -0.3 is 15.1 Å². The summed E-state index contributed by atoms with van der Waals surface area (Å²) >= 11 is 7.48. The molecule has 2 aliphatic heterocycles. The summed E-state index contributed by atoms with van der Waals surface area (Å²) in [5, 5.41) is 5.62. The van der Waals surface area contributed by atoms with Crippen molar-refractivity contribution in [2.45, 2.75) is 38.0 Å². The van der Waals surface area contributed by atoms with Crippen LogP contribution in [0.2, 0.25) is 5.02 Å². The molecular formula is C23H26ClFN4O3S. The molecule has 10 heteroatoms. The number of aromatic nitrogens is 1. The molecule has 176 valence electrons. The molecule has 2 fully saturated rings. The van der Waals surface area contributed by atoms with Crippen LogP contribution < -0.4 is 5.32 Å². The molecule has 0 saturated carbocycles. The van der Waals surface area contributed by atoms with Crippen molar-refractivity contribution in [3.63, 3.8) is 0 Å². The summed E-state index contributed by atoms with van der Waals surface area (Å²) < 4.78 is 14.1. The number of carbonyl (C=O) groups is 3. The fourth-order valence-electron chi connectivity index (χ4n) is 4.27. The van der Waals surface area contributed by atoms with Crippen LogP contribution in [0.25, 0.3) is 0 Å². The monoisotopic (exact) mass is 492 g/mol. The van der Waals surface area contributed by atoms with Crippen LogP contribution in [0, 0.1) is 5.82 Å². The molecule has 1 aromatic heterocycles. The lowest BCUT2D eigenvalue weighted by Crippen LogP contribution is -2.38. The van der Waals surface area contributed by atoms with Crippen molar-refractivity contribution in [1.82, 2.24) is 20.1 Å². The van der Waals surface area contributed by atoms with Gasteiger partial charge in [0.05, 0.1) is 15.6 Å². The summed E-state index contributed by atoms with van der Waals surface area (Å²) in [5.41, 5.74) is 0.309. The van der Waals surface area contributed by atoms with Crippen molar-refractivity contribution in [3.8, 4) is 0 Å². The molecule has 0 radical (unpaired) electrons. The molecule has 3 amide bonds. The van der Waals surface area contributed by atoms with E-state index in [1.54, 1.807) is 10.3 Å². The Morgan fingerprint density at radius 3 is 2.73 bits per heavy atom. The molecule has 0 aliphatic carbocycles. The van der Waals surface area contributed by atoms with Crippen LogP contribution in [-0.4, -0.2) is 65.2 Å². The van der Waals surface area contributed by atoms with E-state index in [2.05, 4.69) is 10.3 Å². The third-order valence-corrected chi connectivity index (χ3v) is 7.45. The number of likely N-dealkylation sites (tertiary alicyclic amines) is 2. The number of benzene rings is 1. The molecule has 1 aromatic carbocycles. The van der Waals surface area contributed by atoms with Gasteiger partial charge in [0.15, 0.2) is 0 Å². The smallest absolute Gasteiger partial charge is 0.270 e. The topological polar surface area (TPSA) is 82.6 Å². The second-order valence-electron chi connectivity index (χ2n) is 8.33. The third-order valence-electron chi connectivity index (χ3n) is 6.12. The van der Waals surface area contributed by atoms with Crippen molar-refractivity contribution in [3.05, 3.63) is 50.7 Å². The number of halogens is 2. The van der Waals surface area contributed by atoms with Crippen LogP contribution in [0.15, 0.2) is 23.6 Å². The lowest BCUT2D eigenvalue weighted by molar-refractivity contribution is -0.127. The molecule has 0 bridgehead atoms. The van der Waals surface area contributed by atoms with Crippen molar-refractivity contribution in [1.29, 1.82) is 0 Å². The van der Waals surface area contributed by atoms with Gasteiger partial charge in [-0.25, -0.2) is 9.37 Å². The van der Waals surface area contributed by atoms with E-state index in [4.69, 9.17) is 11.6 Å². The van der Waals surface area contributed by atoms with Crippen molar-refractivity contribution < 1.29 is 18.8 Å². The minimum absolute atomic E-state index is 0.0834. The highest BCUT2D eigenvalue weighted by Crippen LogP contribution is 2.32. The predicted octanol–water partition coefficient (Wildman–Crippen LogP) is 3.70. The highest BCUT2D eigenvalue weighted by Gasteiger charge is 2.29. The number of amides is 3. The van der Waals surface area contributed by atoms with Crippen LogP contribution in [0.1, 0.15) is 63.9 Å². The molecule has 1 N–H and O–H groups in total. The molecule has 0 unspecified atom stereocenters. The molecule has 0 spiro atoms. The summed E-state index contributed by atoms with van der Waals surface area (Å²) in [6.45, 7) is 2.92. The van der Waals surface area contributed by atoms with Gasteiger partial charge in [-0.15, -0.1) is 11.3 Å². The van der Waals surface area contributed by atoms with E-state index in [9.17, 15) is 18.8 Å². The van der Waals surface area contributed by atoms with E-state index in [1.807, 2.05) is 4.90 Å². The molecule has 4 rings (SSSR count). The number of hydrogen-bond donors (Lipinski definition) is 1. The molecule has 2 saturated heterocycles. The first-order valence-corrected chi connectivity index (χ1v) is 12.4. The molecule has 33 heavy (non-hydrogen) atoms. The molecule has 3 heterocycles. The van der Waals surface area contributed by atoms with Crippen LogP contribution in [-0.2, 0) is 4.79 Å². The number of thiazole rings is 1. The highest BCUT2D eigenvalue weighted by atomic mass is 35.5. The lowest BCUT2D eigenvalue weighted by Gasteiger charge is -2.31. The Morgan fingerprint density at radius 2 is 2.03 bits per heavy atom. The second kappa shape index (κ2) is 10.6. The van der Waals surface area contributed by atoms with Crippen molar-refractivity contribution in [2.24, 2.45) is 0 Å². The maximum Gasteiger partial charge on any atom is 0.270 e. The normalized spacial score (nSPS) is 17.0. The lowest BCUT2D eigenvalue weighted by atomic mass is 9.97. The van der Waals surface area contributed by atoms with E-state index in [1.165, 1.54) is 29.5 Å². The fourth-order valence-corrected chi connectivity index (χ4v) is 5.49. The number of piperidine rings is 1. The Hall–Kier alpha value is -2.52. The largest absolute Gasteiger partial charge is 0.351 e. The maximum atomic E-state index is 14.1.